The van der Waals surface area contributed by atoms with Gasteiger partial charge >= 0.3 is 68.5 Å². The van der Waals surface area contributed by atoms with Crippen LogP contribution in [0.1, 0.15) is 0 Å². The number of hydrogen-bond donors (Lipinski definition) is 0. The van der Waals surface area contributed by atoms with E-state index in [1.165, 1.54) is 0 Å². The fourth-order valence-electron chi connectivity index (χ4n) is 0. The van der Waals surface area contributed by atoms with Crippen LogP contribution in [0, 0.1) is 0 Å². The molecule has 0 radical (unpaired) electrons. The summed E-state index contributed by atoms with van der Waals surface area (Å²) in [6.45, 7) is 0. The molecule has 2 nitrogen and oxygen atoms in total. The molecule has 0 spiro atoms. The molecule has 0 fully saturated rings. The molecule has 0 aliphatic heterocycles. The van der Waals surface area contributed by atoms with E-state index in [2.05, 4.69) is 0 Å². The van der Waals surface area contributed by atoms with Gasteiger partial charge in [0.15, 0.2) is 0 Å². The van der Waals surface area contributed by atoms with E-state index in [1.807, 2.05) is 0 Å². The van der Waals surface area contributed by atoms with Crippen molar-refractivity contribution in [1.82, 2.24) is 0 Å². The average Bonchev–Trinajstić information content (AvgIpc) is 0. The van der Waals surface area contributed by atoms with Gasteiger partial charge in [-0.2, -0.15) is 0 Å². The molecule has 0 atom stereocenters. The third-order valence-corrected chi connectivity index (χ3v) is 0. The van der Waals surface area contributed by atoms with Crippen LogP contribution in [0.4, 0.5) is 0 Å². The fraction of sp³-hybridized carbons (Fsp3) is 0. The van der Waals surface area contributed by atoms with E-state index in [0.717, 1.165) is 0 Å². The van der Waals surface area contributed by atoms with E-state index in [0.29, 0.717) is 0 Å². The zero-order valence-electron chi connectivity index (χ0n) is 3.55. The van der Waals surface area contributed by atoms with Crippen molar-refractivity contribution in [3.8, 4) is 0 Å². The van der Waals surface area contributed by atoms with Crippen LogP contribution in [0.15, 0.2) is 0 Å². The molecule has 0 saturated heterocycles. The van der Waals surface area contributed by atoms with Crippen LogP contribution in [0.25, 0.3) is 0 Å². The minimum Gasteiger partial charge on any atom is -2.00 e. The quantitative estimate of drug-likeness (QED) is 0.553. The Balaban J connectivity index is 0. The Hall–Kier alpha value is 2.88. The largest absolute Gasteiger partial charge is 4.00 e. The molecule has 0 heterocycles. The molecule has 0 aromatic carbocycles. The van der Waals surface area contributed by atoms with Gasteiger partial charge in [0, 0.05) is 0 Å². The standard InChI is InChI=1S/Cd.2O.2S.Ti.Zn/q+2;4*-2;+4;+2. The van der Waals surface area contributed by atoms with Crippen molar-refractivity contribution in [1.29, 1.82) is 0 Å². The predicted molar refractivity (Wildman–Crippen MR) is 16.1 cm³/mol. The van der Waals surface area contributed by atoms with Crippen LogP contribution in [-0.4, -0.2) is 0 Å². The van der Waals surface area contributed by atoms with Crippen LogP contribution >= 0.6 is 0 Å². The van der Waals surface area contributed by atoms with E-state index in [1.54, 1.807) is 0 Å². The van der Waals surface area contributed by atoms with E-state index < -0.39 is 0 Å². The fourth-order valence-corrected chi connectivity index (χ4v) is 0. The Labute approximate surface area is 105 Å². The van der Waals surface area contributed by atoms with E-state index >= 15 is 0 Å². The molecule has 0 saturated carbocycles. The van der Waals surface area contributed by atoms with Gasteiger partial charge < -0.3 is 37.9 Å². The van der Waals surface area contributed by atoms with Crippen LogP contribution in [0.5, 0.6) is 0 Å². The first-order chi connectivity index (χ1) is 0. The first-order valence-corrected chi connectivity index (χ1v) is 0. The maximum Gasteiger partial charge on any atom is 4.00 e. The smallest absolute Gasteiger partial charge is 2.00 e. The summed E-state index contributed by atoms with van der Waals surface area (Å²) in [6, 6.07) is 0. The zero-order chi connectivity index (χ0) is 0. The van der Waals surface area contributed by atoms with Crippen molar-refractivity contribution >= 4 is 27.0 Å². The van der Waals surface area contributed by atoms with Gasteiger partial charge in [-0.3, -0.25) is 0 Å². The van der Waals surface area contributed by atoms with E-state index in [4.69, 9.17) is 0 Å². The molecule has 0 aliphatic carbocycles. The van der Waals surface area contributed by atoms with Crippen molar-refractivity contribution in [3.05, 3.63) is 0 Å². The molecule has 0 unspecified atom stereocenters. The molecule has 0 rings (SSSR count). The maximum atomic E-state index is 0. The molecule has 0 amide bonds. The molecule has 7 heteroatoms. The Morgan fingerprint density at radius 2 is 0.714 bits per heavy atom. The van der Waals surface area contributed by atoms with Crippen molar-refractivity contribution in [2.75, 3.05) is 0 Å². The van der Waals surface area contributed by atoms with Crippen LogP contribution in [-0.2, 0) is 106 Å². The van der Waals surface area contributed by atoms with Crippen LogP contribution in [0.3, 0.4) is 0 Å². The topological polar surface area (TPSA) is 57.0 Å². The number of rotatable bonds is 0. The molecule has 0 aliphatic rings. The summed E-state index contributed by atoms with van der Waals surface area (Å²) in [5, 5.41) is 0. The summed E-state index contributed by atoms with van der Waals surface area (Å²) in [4.78, 5) is 0. The van der Waals surface area contributed by atoms with Crippen molar-refractivity contribution in [3.63, 3.8) is 0 Å². The monoisotopic (exact) mass is 322 g/mol. The molecule has 0 N–H and O–H groups in total. The second kappa shape index (κ2) is 66.5. The van der Waals surface area contributed by atoms with Crippen LogP contribution < -0.4 is 0 Å². The van der Waals surface area contributed by atoms with Gasteiger partial charge in [0.1, 0.15) is 0 Å². The molecule has 0 aromatic heterocycles. The second-order valence-electron chi connectivity index (χ2n) is 0. The van der Waals surface area contributed by atoms with E-state index in [9.17, 15) is 0 Å². The molecule has 7 heavy (non-hydrogen) atoms. The zero-order valence-corrected chi connectivity index (χ0v) is 13.7. The number of hydrogen-bond acceptors (Lipinski definition) is 0. The van der Waals surface area contributed by atoms with Gasteiger partial charge in [-0.05, 0) is 0 Å². The first kappa shape index (κ1) is 93.9. The van der Waals surface area contributed by atoms with Gasteiger partial charge in [0.05, 0.1) is 0 Å². The summed E-state index contributed by atoms with van der Waals surface area (Å²) >= 11 is 0. The van der Waals surface area contributed by atoms with Gasteiger partial charge in [0.2, 0.25) is 0 Å². The Bertz CT molecular complexity index is 15.7. The van der Waals surface area contributed by atoms with Gasteiger partial charge in [-0.25, -0.2) is 0 Å². The van der Waals surface area contributed by atoms with Gasteiger partial charge in [0.25, 0.3) is 0 Å². The third kappa shape index (κ3) is 50.7. The predicted octanol–water partition coefficient (Wildman–Crippen LogP) is -0.250. The SMILES string of the molecule is [Cd+2].[O-2].[O-2].[S-2].[S-2].[Ti+4].[Zn+2]. The Morgan fingerprint density at radius 3 is 0.714 bits per heavy atom. The summed E-state index contributed by atoms with van der Waals surface area (Å²) in [5.74, 6) is 0. The van der Waals surface area contributed by atoms with Gasteiger partial charge in [-0.15, -0.1) is 0 Å². The maximum absolute atomic E-state index is 0. The van der Waals surface area contributed by atoms with Crippen molar-refractivity contribution < 1.29 is 79.4 Å². The second-order valence-corrected chi connectivity index (χ2v) is 0. The Morgan fingerprint density at radius 1 is 0.714 bits per heavy atom. The van der Waals surface area contributed by atoms with Crippen molar-refractivity contribution in [2.24, 2.45) is 0 Å². The summed E-state index contributed by atoms with van der Waals surface area (Å²) < 4.78 is 0. The third-order valence-electron chi connectivity index (χ3n) is 0. The Kier molecular flexibility index (Phi) is 892. The normalized spacial score (nSPS) is 0. The van der Waals surface area contributed by atoms with E-state index in [-0.39, 0.29) is 106 Å². The van der Waals surface area contributed by atoms with Gasteiger partial charge in [-0.1, -0.05) is 0 Å². The molecular weight excluding hydrogens is 322 g/mol. The summed E-state index contributed by atoms with van der Waals surface area (Å²) in [5.41, 5.74) is 0. The molecular formula is CdO2S2TiZn. The van der Waals surface area contributed by atoms with Crippen LogP contribution in [0.2, 0.25) is 0 Å². The first-order valence-electron chi connectivity index (χ1n) is 0. The molecule has 0 aromatic rings. The molecule has 32 valence electrons. The average molecular weight is 322 g/mol. The minimum atomic E-state index is 0. The summed E-state index contributed by atoms with van der Waals surface area (Å²) in [6.07, 6.45) is 0. The summed E-state index contributed by atoms with van der Waals surface area (Å²) in [7, 11) is 0. The molecule has 0 bridgehead atoms. The van der Waals surface area contributed by atoms with Crippen molar-refractivity contribution in [2.45, 2.75) is 0 Å². The minimum absolute atomic E-state index is 0.